The van der Waals surface area contributed by atoms with Gasteiger partial charge < -0.3 is 29.9 Å². The van der Waals surface area contributed by atoms with Gasteiger partial charge in [0.15, 0.2) is 0 Å². The topological polar surface area (TPSA) is 134 Å². The summed E-state index contributed by atoms with van der Waals surface area (Å²) in [5.74, 6) is -1.91. The second-order valence-electron chi connectivity index (χ2n) is 7.83. The molecule has 7 unspecified atom stereocenters. The van der Waals surface area contributed by atoms with Crippen molar-refractivity contribution in [3.63, 3.8) is 0 Å². The summed E-state index contributed by atoms with van der Waals surface area (Å²) in [5.41, 5.74) is 0. The van der Waals surface area contributed by atoms with Gasteiger partial charge in [0, 0.05) is 24.3 Å². The van der Waals surface area contributed by atoms with Gasteiger partial charge in [0.25, 0.3) is 0 Å². The number of methoxy groups -OCH3 is 2. The van der Waals surface area contributed by atoms with E-state index in [2.05, 4.69) is 9.47 Å². The van der Waals surface area contributed by atoms with Crippen LogP contribution in [0, 0.1) is 17.8 Å². The Hall–Kier alpha value is -1.74. The maximum atomic E-state index is 11.2. The van der Waals surface area contributed by atoms with Crippen LogP contribution in [0.1, 0.15) is 46.5 Å². The Morgan fingerprint density at radius 1 is 0.833 bits per heavy atom. The third-order valence-electron chi connectivity index (χ3n) is 5.44. The van der Waals surface area contributed by atoms with Crippen molar-refractivity contribution in [3.8, 4) is 0 Å². The van der Waals surface area contributed by atoms with Crippen LogP contribution in [0.15, 0.2) is 24.3 Å². The van der Waals surface area contributed by atoms with Gasteiger partial charge in [-0.25, -0.2) is 4.79 Å². The molecule has 0 heterocycles. The first-order valence-corrected chi connectivity index (χ1v) is 10.2. The van der Waals surface area contributed by atoms with E-state index in [0.717, 1.165) is 0 Å². The Labute approximate surface area is 179 Å². The molecule has 8 heteroatoms. The van der Waals surface area contributed by atoms with E-state index in [0.29, 0.717) is 12.8 Å². The molecular weight excluding hydrogens is 392 g/mol. The molecule has 0 bridgehead atoms. The van der Waals surface area contributed by atoms with Crippen LogP contribution < -0.4 is 0 Å². The van der Waals surface area contributed by atoms with Gasteiger partial charge in [-0.3, -0.25) is 4.79 Å². The van der Waals surface area contributed by atoms with E-state index < -0.39 is 42.3 Å². The van der Waals surface area contributed by atoms with Crippen molar-refractivity contribution in [2.75, 3.05) is 14.2 Å². The number of allylic oxidation sites excluding steroid dienone is 2. The van der Waals surface area contributed by atoms with Crippen molar-refractivity contribution in [2.45, 2.75) is 70.9 Å². The summed E-state index contributed by atoms with van der Waals surface area (Å²) in [7, 11) is 2.54. The highest BCUT2D eigenvalue weighted by Gasteiger charge is 2.27. The fraction of sp³-hybridized carbons (Fsp3) is 0.727. The molecule has 0 aliphatic carbocycles. The van der Waals surface area contributed by atoms with Gasteiger partial charge in [-0.05, 0) is 18.8 Å². The van der Waals surface area contributed by atoms with E-state index in [1.165, 1.54) is 26.4 Å². The van der Waals surface area contributed by atoms with Crippen molar-refractivity contribution in [1.82, 2.24) is 0 Å². The number of esters is 2. The molecule has 174 valence electrons. The van der Waals surface area contributed by atoms with Crippen molar-refractivity contribution in [3.05, 3.63) is 24.3 Å². The molecule has 0 saturated carbocycles. The summed E-state index contributed by atoms with van der Waals surface area (Å²) in [6, 6.07) is 0. The minimum Gasteiger partial charge on any atom is -0.469 e. The second kappa shape index (κ2) is 15.1. The van der Waals surface area contributed by atoms with Crippen molar-refractivity contribution >= 4 is 11.9 Å². The van der Waals surface area contributed by atoms with E-state index in [1.807, 2.05) is 0 Å². The van der Waals surface area contributed by atoms with Crippen LogP contribution in [0.3, 0.4) is 0 Å². The molecule has 0 fully saturated rings. The summed E-state index contributed by atoms with van der Waals surface area (Å²) in [6.45, 7) is 5.27. The lowest BCUT2D eigenvalue weighted by atomic mass is 9.86. The molecular formula is C22H38O8. The minimum atomic E-state index is -0.910. The predicted octanol–water partition coefficient (Wildman–Crippen LogP) is 1.36. The summed E-state index contributed by atoms with van der Waals surface area (Å²) in [5, 5.41) is 41.0. The van der Waals surface area contributed by atoms with Crippen molar-refractivity contribution in [2.24, 2.45) is 17.8 Å². The summed E-state index contributed by atoms with van der Waals surface area (Å²) >= 11 is 0. The molecule has 0 aromatic rings. The number of aliphatic hydroxyl groups excluding tert-OH is 4. The average molecular weight is 431 g/mol. The Morgan fingerprint density at radius 2 is 1.47 bits per heavy atom. The van der Waals surface area contributed by atoms with Crippen LogP contribution in [0.4, 0.5) is 0 Å². The maximum Gasteiger partial charge on any atom is 0.330 e. The Kier molecular flexibility index (Phi) is 14.2. The summed E-state index contributed by atoms with van der Waals surface area (Å²) in [4.78, 5) is 22.2. The third kappa shape index (κ3) is 11.4. The van der Waals surface area contributed by atoms with Gasteiger partial charge in [-0.15, -0.1) is 0 Å². The van der Waals surface area contributed by atoms with E-state index in [-0.39, 0.29) is 24.7 Å². The maximum absolute atomic E-state index is 11.2. The molecule has 8 nitrogen and oxygen atoms in total. The molecule has 4 N–H and O–H groups in total. The van der Waals surface area contributed by atoms with Gasteiger partial charge in [0.05, 0.1) is 45.1 Å². The standard InChI is InChI=1S/C22H38O8/c1-14(8-6-7-9-21(27)29-4)18(24)12-20(26)16(3)17(23)11-10-15(2)19(25)13-22(28)30-5/h6-9,14-20,23-26H,10-13H2,1-5H3/b8-6+,9-7+. The Bertz CT molecular complexity index is 559. The minimum absolute atomic E-state index is 0.0883. The zero-order chi connectivity index (χ0) is 23.3. The second-order valence-corrected chi connectivity index (χ2v) is 7.83. The molecule has 0 aliphatic heterocycles. The van der Waals surface area contributed by atoms with Crippen LogP contribution in [-0.4, -0.2) is 71.0 Å². The van der Waals surface area contributed by atoms with Gasteiger partial charge in [0.1, 0.15) is 0 Å². The monoisotopic (exact) mass is 430 g/mol. The highest BCUT2D eigenvalue weighted by molar-refractivity contribution is 5.82. The number of hydrogen-bond donors (Lipinski definition) is 4. The molecule has 0 amide bonds. The third-order valence-corrected chi connectivity index (χ3v) is 5.44. The molecule has 30 heavy (non-hydrogen) atoms. The molecule has 0 aliphatic rings. The number of rotatable bonds is 14. The molecule has 0 aromatic heterocycles. The number of carbonyl (C=O) groups is 2. The number of carbonyl (C=O) groups excluding carboxylic acids is 2. The zero-order valence-corrected chi connectivity index (χ0v) is 18.6. The lowest BCUT2D eigenvalue weighted by Crippen LogP contribution is -2.34. The van der Waals surface area contributed by atoms with Crippen LogP contribution in [-0.2, 0) is 19.1 Å². The fourth-order valence-corrected chi connectivity index (χ4v) is 2.85. The molecule has 0 aromatic carbocycles. The zero-order valence-electron chi connectivity index (χ0n) is 18.6. The van der Waals surface area contributed by atoms with Crippen LogP contribution >= 0.6 is 0 Å². The molecule has 0 radical (unpaired) electrons. The predicted molar refractivity (Wildman–Crippen MR) is 112 cm³/mol. The highest BCUT2D eigenvalue weighted by atomic mass is 16.5. The van der Waals surface area contributed by atoms with Gasteiger partial charge >= 0.3 is 11.9 Å². The Balaban J connectivity index is 4.47. The molecule has 0 rings (SSSR count). The fourth-order valence-electron chi connectivity index (χ4n) is 2.85. The first-order chi connectivity index (χ1) is 14.0. The Morgan fingerprint density at radius 3 is 2.03 bits per heavy atom. The largest absolute Gasteiger partial charge is 0.469 e. The van der Waals surface area contributed by atoms with Crippen LogP contribution in [0.5, 0.6) is 0 Å². The lowest BCUT2D eigenvalue weighted by molar-refractivity contribution is -0.143. The van der Waals surface area contributed by atoms with Crippen molar-refractivity contribution < 1.29 is 39.5 Å². The van der Waals surface area contributed by atoms with Gasteiger partial charge in [-0.1, -0.05) is 39.0 Å². The highest BCUT2D eigenvalue weighted by Crippen LogP contribution is 2.23. The van der Waals surface area contributed by atoms with E-state index in [1.54, 1.807) is 32.9 Å². The first-order valence-electron chi connectivity index (χ1n) is 10.2. The normalized spacial score (nSPS) is 19.1. The molecule has 0 saturated heterocycles. The number of ether oxygens (including phenoxy) is 2. The summed E-state index contributed by atoms with van der Waals surface area (Å²) in [6.07, 6.45) is 3.51. The number of hydrogen-bond acceptors (Lipinski definition) is 8. The van der Waals surface area contributed by atoms with Crippen molar-refractivity contribution in [1.29, 1.82) is 0 Å². The first kappa shape index (κ1) is 28.3. The van der Waals surface area contributed by atoms with Crippen LogP contribution in [0.2, 0.25) is 0 Å². The molecule has 7 atom stereocenters. The molecule has 0 spiro atoms. The van der Waals surface area contributed by atoms with E-state index in [4.69, 9.17) is 0 Å². The SMILES string of the molecule is COC(=O)/C=C/C=C/C(C)C(O)CC(O)C(C)C(O)CCC(C)C(O)CC(=O)OC. The smallest absolute Gasteiger partial charge is 0.330 e. The van der Waals surface area contributed by atoms with Gasteiger partial charge in [0.2, 0.25) is 0 Å². The summed E-state index contributed by atoms with van der Waals surface area (Å²) < 4.78 is 9.01. The van der Waals surface area contributed by atoms with Gasteiger partial charge in [-0.2, -0.15) is 0 Å². The van der Waals surface area contributed by atoms with Crippen LogP contribution in [0.25, 0.3) is 0 Å². The average Bonchev–Trinajstić information content (AvgIpc) is 2.73. The quantitative estimate of drug-likeness (QED) is 0.184. The number of aliphatic hydroxyl groups is 4. The van der Waals surface area contributed by atoms with E-state index >= 15 is 0 Å². The van der Waals surface area contributed by atoms with E-state index in [9.17, 15) is 30.0 Å². The lowest BCUT2D eigenvalue weighted by Gasteiger charge is -2.28.